The summed E-state index contributed by atoms with van der Waals surface area (Å²) in [4.78, 5) is 8.50. The molecule has 2 aliphatic heterocycles. The van der Waals surface area contributed by atoms with E-state index in [1.165, 1.54) is 29.7 Å². The molecule has 222 valence electrons. The molecule has 0 aliphatic carbocycles. The number of aliphatic hydroxyl groups is 1. The zero-order chi connectivity index (χ0) is 29.3. The van der Waals surface area contributed by atoms with E-state index < -0.39 is 31.8 Å². The molecule has 5 N–H and O–H groups in total. The van der Waals surface area contributed by atoms with Crippen LogP contribution in [0.5, 0.6) is 5.75 Å². The molecule has 1 spiro atoms. The quantitative estimate of drug-likeness (QED) is 0.251. The Kier molecular flexibility index (Phi) is 8.48. The van der Waals surface area contributed by atoms with E-state index in [0.717, 1.165) is 0 Å². The average Bonchev–Trinajstić information content (AvgIpc) is 3.37. The van der Waals surface area contributed by atoms with Crippen molar-refractivity contribution in [2.24, 2.45) is 0 Å². The SMILES string of the molecule is CNS(=O)(=O)c1cccc(OC[C@@H](O)CN[C@H]2COC3(CCN(S(=O)(=O)c4cnc5nc(N)ccc5c4)CC3)C2)c1. The van der Waals surface area contributed by atoms with Crippen molar-refractivity contribution in [2.45, 2.75) is 46.8 Å². The fourth-order valence-electron chi connectivity index (χ4n) is 5.16. The number of pyridine rings is 2. The lowest BCUT2D eigenvalue weighted by atomic mass is 9.88. The third-order valence-electron chi connectivity index (χ3n) is 7.49. The molecular weight excluding hydrogens is 572 g/mol. The van der Waals surface area contributed by atoms with Crippen LogP contribution in [0.3, 0.4) is 0 Å². The number of hydrogen-bond acceptors (Lipinski definition) is 11. The van der Waals surface area contributed by atoms with E-state index in [0.29, 0.717) is 61.6 Å². The Bertz CT molecular complexity index is 1610. The predicted octanol–water partition coefficient (Wildman–Crippen LogP) is 0.462. The zero-order valence-electron chi connectivity index (χ0n) is 22.6. The van der Waals surface area contributed by atoms with Crippen LogP contribution < -0.4 is 20.5 Å². The number of ether oxygens (including phenoxy) is 2. The van der Waals surface area contributed by atoms with Crippen LogP contribution in [0.1, 0.15) is 19.3 Å². The van der Waals surface area contributed by atoms with Crippen LogP contribution in [0, 0.1) is 0 Å². The van der Waals surface area contributed by atoms with Crippen molar-refractivity contribution < 1.29 is 31.4 Å². The zero-order valence-corrected chi connectivity index (χ0v) is 24.2. The molecule has 41 heavy (non-hydrogen) atoms. The fraction of sp³-hybridized carbons (Fsp3) is 0.462. The van der Waals surface area contributed by atoms with E-state index in [2.05, 4.69) is 20.0 Å². The molecule has 2 fully saturated rings. The van der Waals surface area contributed by atoms with Gasteiger partial charge < -0.3 is 25.6 Å². The number of benzene rings is 1. The topological polar surface area (TPSA) is 186 Å². The summed E-state index contributed by atoms with van der Waals surface area (Å²) >= 11 is 0. The first-order valence-corrected chi connectivity index (χ1v) is 16.2. The Hall–Kier alpha value is -2.92. The Balaban J connectivity index is 1.10. The number of aliphatic hydroxyl groups excluding tert-OH is 1. The molecule has 5 rings (SSSR count). The molecule has 2 saturated heterocycles. The summed E-state index contributed by atoms with van der Waals surface area (Å²) in [5.74, 6) is 0.658. The Morgan fingerprint density at radius 1 is 1.17 bits per heavy atom. The van der Waals surface area contributed by atoms with Crippen LogP contribution in [0.15, 0.2) is 58.5 Å². The number of sulfonamides is 2. The molecule has 0 bridgehead atoms. The van der Waals surface area contributed by atoms with E-state index >= 15 is 0 Å². The molecule has 3 aromatic rings. The second-order valence-corrected chi connectivity index (χ2v) is 14.1. The minimum Gasteiger partial charge on any atom is -0.491 e. The second-order valence-electron chi connectivity index (χ2n) is 10.3. The van der Waals surface area contributed by atoms with Crippen molar-refractivity contribution in [2.75, 3.05) is 45.6 Å². The van der Waals surface area contributed by atoms with Crippen molar-refractivity contribution in [3.05, 3.63) is 48.7 Å². The number of aromatic nitrogens is 2. The van der Waals surface area contributed by atoms with Gasteiger partial charge in [-0.1, -0.05) is 6.07 Å². The van der Waals surface area contributed by atoms with Gasteiger partial charge >= 0.3 is 0 Å². The molecule has 0 amide bonds. The molecule has 13 nitrogen and oxygen atoms in total. The summed E-state index contributed by atoms with van der Waals surface area (Å²) in [6.07, 6.45) is 2.30. The number of piperidine rings is 1. The van der Waals surface area contributed by atoms with E-state index in [-0.39, 0.29) is 29.0 Å². The van der Waals surface area contributed by atoms with Gasteiger partial charge in [-0.05, 0) is 56.6 Å². The third kappa shape index (κ3) is 6.61. The van der Waals surface area contributed by atoms with Crippen molar-refractivity contribution in [3.8, 4) is 5.75 Å². The summed E-state index contributed by atoms with van der Waals surface area (Å²) in [5.41, 5.74) is 5.66. The van der Waals surface area contributed by atoms with Crippen LogP contribution in [-0.4, -0.2) is 93.9 Å². The molecule has 1 aromatic carbocycles. The number of nitrogens with two attached hydrogens (primary N) is 1. The monoisotopic (exact) mass is 606 g/mol. The van der Waals surface area contributed by atoms with E-state index in [9.17, 15) is 21.9 Å². The van der Waals surface area contributed by atoms with Gasteiger partial charge in [0.25, 0.3) is 0 Å². The maximum atomic E-state index is 13.3. The van der Waals surface area contributed by atoms with Crippen LogP contribution >= 0.6 is 0 Å². The number of nitrogens with one attached hydrogen (secondary N) is 2. The summed E-state index contributed by atoms with van der Waals surface area (Å²) in [7, 11) is -5.99. The average molecular weight is 607 g/mol. The Morgan fingerprint density at radius 2 is 1.95 bits per heavy atom. The molecule has 2 aliphatic rings. The molecule has 0 saturated carbocycles. The van der Waals surface area contributed by atoms with Crippen molar-refractivity contribution in [3.63, 3.8) is 0 Å². The van der Waals surface area contributed by atoms with Gasteiger partial charge in [-0.15, -0.1) is 0 Å². The maximum Gasteiger partial charge on any atom is 0.244 e. The molecule has 2 atom stereocenters. The largest absolute Gasteiger partial charge is 0.491 e. The second kappa shape index (κ2) is 11.8. The Morgan fingerprint density at radius 3 is 2.71 bits per heavy atom. The molecule has 2 aromatic heterocycles. The number of hydrogen-bond donors (Lipinski definition) is 4. The van der Waals surface area contributed by atoms with Gasteiger partial charge in [0.05, 0.1) is 17.1 Å². The minimum atomic E-state index is -3.73. The fourth-order valence-corrected chi connectivity index (χ4v) is 7.34. The van der Waals surface area contributed by atoms with Crippen LogP contribution in [0.2, 0.25) is 0 Å². The van der Waals surface area contributed by atoms with E-state index in [4.69, 9.17) is 15.2 Å². The first-order chi connectivity index (χ1) is 19.5. The van der Waals surface area contributed by atoms with Gasteiger partial charge in [0.1, 0.15) is 29.2 Å². The van der Waals surface area contributed by atoms with Gasteiger partial charge in [-0.25, -0.2) is 31.5 Å². The van der Waals surface area contributed by atoms with Crippen molar-refractivity contribution in [1.82, 2.24) is 24.3 Å². The molecule has 4 heterocycles. The number of nitrogens with zero attached hydrogens (tertiary/aromatic N) is 3. The summed E-state index contributed by atoms with van der Waals surface area (Å²) < 4.78 is 66.0. The van der Waals surface area contributed by atoms with Gasteiger partial charge in [0.2, 0.25) is 20.0 Å². The summed E-state index contributed by atoms with van der Waals surface area (Å²) in [5, 5.41) is 14.3. The highest BCUT2D eigenvalue weighted by molar-refractivity contribution is 7.89. The highest BCUT2D eigenvalue weighted by atomic mass is 32.2. The number of anilines is 1. The smallest absolute Gasteiger partial charge is 0.244 e. The summed E-state index contributed by atoms with van der Waals surface area (Å²) in [6.45, 7) is 1.34. The van der Waals surface area contributed by atoms with Crippen molar-refractivity contribution >= 4 is 36.9 Å². The van der Waals surface area contributed by atoms with Crippen molar-refractivity contribution in [1.29, 1.82) is 0 Å². The van der Waals surface area contributed by atoms with Gasteiger partial charge in [0, 0.05) is 43.3 Å². The maximum absolute atomic E-state index is 13.3. The van der Waals surface area contributed by atoms with Crippen LogP contribution in [0.25, 0.3) is 11.0 Å². The lowest BCUT2D eigenvalue weighted by molar-refractivity contribution is -0.0312. The normalized spacial score (nSPS) is 20.4. The standard InChI is InChI=1S/C26H34N6O7S2/c1-28-40(34,35)22-4-2-3-21(12-22)38-17-20(33)14-29-19-13-26(39-16-19)7-9-32(10-8-26)41(36,37)23-11-18-5-6-24(27)31-25(18)30-15-23/h2-6,11-12,15,19-20,28-29,33H,7-10,13-14,16-17H2,1H3,(H2,27,30,31)/t19-,20+/m1/s1. The van der Waals surface area contributed by atoms with Crippen LogP contribution in [-0.2, 0) is 24.8 Å². The minimum absolute atomic E-state index is 0.00142. The highest BCUT2D eigenvalue weighted by Gasteiger charge is 2.44. The summed E-state index contributed by atoms with van der Waals surface area (Å²) in [6, 6.07) is 10.9. The highest BCUT2D eigenvalue weighted by Crippen LogP contribution is 2.37. The first-order valence-electron chi connectivity index (χ1n) is 13.2. The van der Waals surface area contributed by atoms with E-state index in [1.807, 2.05) is 0 Å². The predicted molar refractivity (Wildman–Crippen MR) is 151 cm³/mol. The lowest BCUT2D eigenvalue weighted by Gasteiger charge is -2.38. The van der Waals surface area contributed by atoms with Gasteiger partial charge in [0.15, 0.2) is 5.65 Å². The molecule has 15 heteroatoms. The lowest BCUT2D eigenvalue weighted by Crippen LogP contribution is -2.47. The molecule has 0 radical (unpaired) electrons. The molecule has 0 unspecified atom stereocenters. The van der Waals surface area contributed by atoms with Gasteiger partial charge in [-0.2, -0.15) is 4.31 Å². The van der Waals surface area contributed by atoms with Crippen LogP contribution in [0.4, 0.5) is 5.82 Å². The van der Waals surface area contributed by atoms with E-state index in [1.54, 1.807) is 30.3 Å². The number of nitrogen functional groups attached to an aromatic ring is 1. The van der Waals surface area contributed by atoms with Gasteiger partial charge in [-0.3, -0.25) is 0 Å². The Labute approximate surface area is 239 Å². The molecular formula is C26H34N6O7S2. The number of fused-ring (bicyclic) bond motifs is 1. The first kappa shape index (κ1) is 29.6. The third-order valence-corrected chi connectivity index (χ3v) is 10.8. The number of rotatable bonds is 10.